The minimum absolute atomic E-state index is 0.139. The molecule has 4 aliphatic heterocycles. The Labute approximate surface area is 521 Å². The Bertz CT molecular complexity index is 1860. The van der Waals surface area contributed by atoms with E-state index in [9.17, 15) is 76.0 Å². The average molecular weight is 1270 g/mol. The fourth-order valence-electron chi connectivity index (χ4n) is 12.0. The lowest BCUT2D eigenvalue weighted by molar-refractivity contribution is -0.455. The van der Waals surface area contributed by atoms with Gasteiger partial charge in [0.15, 0.2) is 18.9 Å². The molecule has 4 fully saturated rings. The second kappa shape index (κ2) is 42.9. The van der Waals surface area contributed by atoms with E-state index in [1.54, 1.807) is 6.08 Å². The van der Waals surface area contributed by atoms with E-state index in [0.29, 0.717) is 12.8 Å². The van der Waals surface area contributed by atoms with Gasteiger partial charge < -0.3 is 114 Å². The summed E-state index contributed by atoms with van der Waals surface area (Å²) in [5.41, 5.74) is 0. The molecule has 4 saturated heterocycles. The summed E-state index contributed by atoms with van der Waals surface area (Å²) in [5, 5.41) is 146. The Morgan fingerprint density at radius 3 is 1.61 bits per heavy atom. The van der Waals surface area contributed by atoms with E-state index in [-0.39, 0.29) is 18.8 Å². The van der Waals surface area contributed by atoms with Crippen molar-refractivity contribution in [2.45, 2.75) is 330 Å². The van der Waals surface area contributed by atoms with Crippen LogP contribution in [-0.2, 0) is 52.2 Å². The number of aliphatic hydroxyl groups is 13. The third-order valence-corrected chi connectivity index (χ3v) is 17.8. The second-order valence-electron chi connectivity index (χ2n) is 24.9. The summed E-state index contributed by atoms with van der Waals surface area (Å²) in [4.78, 5) is 25.7. The summed E-state index contributed by atoms with van der Waals surface area (Å²) < 4.78 is 53.7. The number of unbranched alkanes of at least 4 members (excludes halogenated alkanes) is 23. The highest BCUT2D eigenvalue weighted by Crippen LogP contribution is 2.42. The average Bonchev–Trinajstić information content (AvgIpc) is 1.36. The predicted molar refractivity (Wildman–Crippen MR) is 319 cm³/mol. The smallest absolute Gasteiger partial charge is 0.332 e. The van der Waals surface area contributed by atoms with Gasteiger partial charge >= 0.3 is 5.97 Å². The first kappa shape index (κ1) is 78.3. The monoisotopic (exact) mass is 1270 g/mol. The normalized spacial score (nSPS) is 34.3. The molecule has 88 heavy (non-hydrogen) atoms. The maximum atomic E-state index is 13.5. The van der Waals surface area contributed by atoms with E-state index in [4.69, 9.17) is 42.6 Å². The van der Waals surface area contributed by atoms with Gasteiger partial charge in [-0.2, -0.15) is 0 Å². The topological polar surface area (TPSA) is 392 Å². The number of carbonyl (C=O) groups excluding carboxylic acids is 2. The largest absolute Gasteiger partial charge is 0.410 e. The van der Waals surface area contributed by atoms with Crippen molar-refractivity contribution in [1.82, 2.24) is 5.32 Å². The van der Waals surface area contributed by atoms with Gasteiger partial charge in [0.25, 0.3) is 6.47 Å². The molecule has 1 amide bonds. The molecule has 0 aromatic carbocycles. The number of ether oxygens (including phenoxy) is 9. The number of hydrogen-bond acceptors (Lipinski definition) is 24. The van der Waals surface area contributed by atoms with Crippen LogP contribution in [0.25, 0.3) is 0 Å². The summed E-state index contributed by atoms with van der Waals surface area (Å²) in [6.07, 6.45) is -1.49. The second-order valence-corrected chi connectivity index (χ2v) is 24.9. The number of aliphatic hydroxyl groups excluding tert-OH is 13. The first-order valence-corrected chi connectivity index (χ1v) is 33.2. The number of rotatable bonds is 46. The van der Waals surface area contributed by atoms with Gasteiger partial charge in [0, 0.05) is 18.3 Å². The van der Waals surface area contributed by atoms with Crippen LogP contribution in [0.1, 0.15) is 201 Å². The van der Waals surface area contributed by atoms with Crippen LogP contribution in [0.4, 0.5) is 0 Å². The lowest BCUT2D eigenvalue weighted by Crippen LogP contribution is -2.68. The van der Waals surface area contributed by atoms with Gasteiger partial charge in [0.05, 0.1) is 69.9 Å². The van der Waals surface area contributed by atoms with Crippen molar-refractivity contribution >= 4 is 12.4 Å². The first-order valence-electron chi connectivity index (χ1n) is 33.2. The molecule has 0 aromatic rings. The molecule has 25 heteroatoms. The molecule has 14 N–H and O–H groups in total. The van der Waals surface area contributed by atoms with Crippen molar-refractivity contribution in [2.75, 3.05) is 33.0 Å². The van der Waals surface area contributed by atoms with E-state index < -0.39 is 180 Å². The third-order valence-electron chi connectivity index (χ3n) is 17.8. The lowest BCUT2D eigenvalue weighted by atomic mass is 9.86. The van der Waals surface area contributed by atoms with E-state index in [0.717, 1.165) is 44.9 Å². The maximum absolute atomic E-state index is 13.5. The fraction of sp³-hybridized carbons (Fsp3) is 0.937. The highest BCUT2D eigenvalue weighted by Gasteiger charge is 2.59. The first-order chi connectivity index (χ1) is 42.3. The molecule has 0 aliphatic carbocycles. The predicted octanol–water partition coefficient (Wildman–Crippen LogP) is 2.66. The van der Waals surface area contributed by atoms with Crippen molar-refractivity contribution in [3.8, 4) is 0 Å². The third kappa shape index (κ3) is 25.0. The Kier molecular flexibility index (Phi) is 38.2. The molecule has 7 unspecified atom stereocenters. The van der Waals surface area contributed by atoms with Gasteiger partial charge in [-0.05, 0) is 19.3 Å². The van der Waals surface area contributed by atoms with E-state index in [1.807, 2.05) is 6.08 Å². The minimum Gasteiger partial charge on any atom is -0.410 e. The zero-order valence-electron chi connectivity index (χ0n) is 52.9. The summed E-state index contributed by atoms with van der Waals surface area (Å²) in [6, 6.07) is -1.04. The van der Waals surface area contributed by atoms with Crippen molar-refractivity contribution in [3.05, 3.63) is 12.2 Å². The zero-order valence-corrected chi connectivity index (χ0v) is 52.9. The van der Waals surface area contributed by atoms with Gasteiger partial charge in [0.2, 0.25) is 5.91 Å². The Balaban J connectivity index is 1.49. The van der Waals surface area contributed by atoms with Gasteiger partial charge in [-0.15, -0.1) is 0 Å². The summed E-state index contributed by atoms with van der Waals surface area (Å²) >= 11 is 0. The maximum Gasteiger partial charge on any atom is 0.332 e. The van der Waals surface area contributed by atoms with Crippen molar-refractivity contribution in [1.29, 1.82) is 0 Å². The van der Waals surface area contributed by atoms with Gasteiger partial charge in [0.1, 0.15) is 73.2 Å². The Morgan fingerprint density at radius 1 is 0.580 bits per heavy atom. The zero-order chi connectivity index (χ0) is 64.6. The molecular formula is C63H115NO24. The summed E-state index contributed by atoms with van der Waals surface area (Å²) in [5.74, 6) is -5.19. The highest BCUT2D eigenvalue weighted by molar-refractivity contribution is 5.76. The number of carbonyl (C=O) groups is 2. The number of nitrogens with one attached hydrogen (secondary N) is 1. The quantitative estimate of drug-likeness (QED) is 0.0180. The molecule has 0 bridgehead atoms. The number of allylic oxidation sites excluding steroid dienone is 1. The van der Waals surface area contributed by atoms with Crippen molar-refractivity contribution in [2.24, 2.45) is 11.8 Å². The van der Waals surface area contributed by atoms with Gasteiger partial charge in [-0.1, -0.05) is 181 Å². The number of amides is 1. The molecular weight excluding hydrogens is 1150 g/mol. The molecule has 0 aromatic heterocycles. The fourth-order valence-corrected chi connectivity index (χ4v) is 12.0. The van der Waals surface area contributed by atoms with E-state index in [1.165, 1.54) is 117 Å². The van der Waals surface area contributed by atoms with Crippen LogP contribution in [-0.4, -0.2) is 240 Å². The minimum atomic E-state index is -2.77. The van der Waals surface area contributed by atoms with E-state index >= 15 is 0 Å². The molecule has 4 heterocycles. The van der Waals surface area contributed by atoms with Crippen LogP contribution in [0, 0.1) is 11.8 Å². The standard InChI is InChI=1S/C63H115NO24/c1-5-7-9-11-13-15-17-19-21-23-25-27-29-31-43(70)42(64-49(73)32-30-28-26-24-22-20-18-16-14-12-10-8-6-2)38-80-61-54(78)53(77)57(47(36-67)83-61)85-62-55(79)59(58(48(37-68)84-62)86-60-41(4)50(74)52(76)46(35-66)82-60)88-63(81-39-69)33-44(71)40(3)56(87-63)51(75)45(72)34-65/h29,31,39-48,50-62,65-68,70-72,74-79H,5-28,30,32-38H2,1-4H3,(H,64,73)/b31-29+/t40-,41?,42+,43-,44-,45-,46?,47?,48?,50-,51-,52+,53-,54?,55?,56?,57-,58+,59-,60+,61-,62+,63+/m1/s1. The Hall–Kier alpha value is -2.16. The molecule has 0 radical (unpaired) electrons. The lowest BCUT2D eigenvalue weighted by Gasteiger charge is -2.52. The molecule has 0 saturated carbocycles. The van der Waals surface area contributed by atoms with Crippen LogP contribution in [0.2, 0.25) is 0 Å². The highest BCUT2D eigenvalue weighted by atomic mass is 16.9. The summed E-state index contributed by atoms with van der Waals surface area (Å²) in [6.45, 7) is 3.07. The molecule has 23 atom stereocenters. The van der Waals surface area contributed by atoms with Gasteiger partial charge in [-0.25, -0.2) is 0 Å². The number of hydrogen-bond donors (Lipinski definition) is 14. The van der Waals surface area contributed by atoms with E-state index in [2.05, 4.69) is 19.2 Å². The molecule has 25 nitrogen and oxygen atoms in total. The summed E-state index contributed by atoms with van der Waals surface area (Å²) in [7, 11) is 0. The molecule has 4 aliphatic rings. The Morgan fingerprint density at radius 2 is 1.08 bits per heavy atom. The molecule has 516 valence electrons. The molecule has 0 spiro atoms. The van der Waals surface area contributed by atoms with Crippen LogP contribution < -0.4 is 5.32 Å². The van der Waals surface area contributed by atoms with Crippen LogP contribution in [0.15, 0.2) is 12.2 Å². The van der Waals surface area contributed by atoms with Crippen LogP contribution in [0.5, 0.6) is 0 Å². The SMILES string of the molecule is CCCCCCCCCCCCC/C=C/[C@@H](O)[C@H](CO[C@@H]1OC(CO)[C@@H](O[C@@H]2OC(CO)[C@H](O[C@@H]3OC(CO)[C@H](O)[C@H](O)C3C)[C@H](O[C@]3(OC=O)C[C@@H](O)[C@@H](C)C([C@H](O)[C@H](O)CO)O3)C2O)[C@H](O)C1O)NC(=O)CCCCCCCCCCCCCCC. The van der Waals surface area contributed by atoms with Gasteiger partial charge in [-0.3, -0.25) is 9.59 Å². The van der Waals surface area contributed by atoms with Crippen LogP contribution >= 0.6 is 0 Å². The molecule has 4 rings (SSSR count). The van der Waals surface area contributed by atoms with Crippen molar-refractivity contribution in [3.63, 3.8) is 0 Å². The van der Waals surface area contributed by atoms with Crippen LogP contribution in [0.3, 0.4) is 0 Å². The van der Waals surface area contributed by atoms with Crippen molar-refractivity contribution < 1.29 is 119 Å².